The van der Waals surface area contributed by atoms with Gasteiger partial charge >= 0.3 is 0 Å². The van der Waals surface area contributed by atoms with Gasteiger partial charge in [-0.3, -0.25) is 14.2 Å². The summed E-state index contributed by atoms with van der Waals surface area (Å²) in [5, 5.41) is 3.45. The smallest absolute Gasteiger partial charge is 0.266 e. The molecule has 3 aromatic rings. The van der Waals surface area contributed by atoms with E-state index in [1.807, 2.05) is 37.3 Å². The summed E-state index contributed by atoms with van der Waals surface area (Å²) in [6.07, 6.45) is 4.93. The quantitative estimate of drug-likeness (QED) is 0.314. The van der Waals surface area contributed by atoms with E-state index >= 15 is 0 Å². The lowest BCUT2D eigenvalue weighted by Gasteiger charge is -2.16. The number of carbonyl (C=O) groups is 1. The van der Waals surface area contributed by atoms with Crippen LogP contribution in [0.5, 0.6) is 0 Å². The van der Waals surface area contributed by atoms with E-state index < -0.39 is 5.25 Å². The molecule has 0 spiro atoms. The van der Waals surface area contributed by atoms with Crippen molar-refractivity contribution in [3.05, 3.63) is 77.1 Å². The van der Waals surface area contributed by atoms with Crippen LogP contribution in [0.4, 0.5) is 0 Å². The minimum absolute atomic E-state index is 0.122. The van der Waals surface area contributed by atoms with Gasteiger partial charge in [0.1, 0.15) is 0 Å². The summed E-state index contributed by atoms with van der Waals surface area (Å²) < 4.78 is 1.61. The highest BCUT2D eigenvalue weighted by Crippen LogP contribution is 2.25. The van der Waals surface area contributed by atoms with Gasteiger partial charge in [0, 0.05) is 6.54 Å². The molecule has 30 heavy (non-hydrogen) atoms. The van der Waals surface area contributed by atoms with Crippen molar-refractivity contribution in [2.75, 3.05) is 6.54 Å². The summed E-state index contributed by atoms with van der Waals surface area (Å²) in [6.45, 7) is 8.00. The van der Waals surface area contributed by atoms with Crippen LogP contribution in [0.3, 0.4) is 0 Å². The molecule has 0 aliphatic rings. The van der Waals surface area contributed by atoms with E-state index in [1.165, 1.54) is 17.3 Å². The number of rotatable bonds is 9. The van der Waals surface area contributed by atoms with Gasteiger partial charge in [0.05, 0.1) is 21.8 Å². The Morgan fingerprint density at radius 1 is 1.23 bits per heavy atom. The molecule has 1 heterocycles. The SMILES string of the molecule is C=CCNC(=O)C(C)Sc1nc2ccccc2c(=O)n1-c1ccc(CCCC)cc1. The molecule has 0 fully saturated rings. The van der Waals surface area contributed by atoms with Crippen LogP contribution in [0, 0.1) is 0 Å². The summed E-state index contributed by atoms with van der Waals surface area (Å²) in [5.41, 5.74) is 2.48. The monoisotopic (exact) mass is 421 g/mol. The normalized spacial score (nSPS) is 11.9. The van der Waals surface area contributed by atoms with Crippen molar-refractivity contribution < 1.29 is 4.79 Å². The Morgan fingerprint density at radius 2 is 1.97 bits per heavy atom. The molecule has 0 saturated carbocycles. The molecule has 5 nitrogen and oxygen atoms in total. The number of amides is 1. The molecule has 0 radical (unpaired) electrons. The number of benzene rings is 2. The highest BCUT2D eigenvalue weighted by atomic mass is 32.2. The first kappa shape index (κ1) is 21.8. The van der Waals surface area contributed by atoms with Crippen molar-refractivity contribution in [1.82, 2.24) is 14.9 Å². The Kier molecular flexibility index (Phi) is 7.46. The zero-order valence-electron chi connectivity index (χ0n) is 17.4. The predicted octanol–water partition coefficient (Wildman–Crippen LogP) is 4.51. The van der Waals surface area contributed by atoms with Crippen LogP contribution in [-0.2, 0) is 11.2 Å². The van der Waals surface area contributed by atoms with Crippen LogP contribution in [0.15, 0.2) is 71.1 Å². The van der Waals surface area contributed by atoms with Crippen molar-refractivity contribution >= 4 is 28.6 Å². The topological polar surface area (TPSA) is 64.0 Å². The van der Waals surface area contributed by atoms with E-state index in [9.17, 15) is 9.59 Å². The number of para-hydroxylation sites is 1. The lowest BCUT2D eigenvalue weighted by molar-refractivity contribution is -0.120. The van der Waals surface area contributed by atoms with Crippen LogP contribution < -0.4 is 10.9 Å². The highest BCUT2D eigenvalue weighted by molar-refractivity contribution is 8.00. The summed E-state index contributed by atoms with van der Waals surface area (Å²) in [6, 6.07) is 15.3. The van der Waals surface area contributed by atoms with Gasteiger partial charge in [-0.15, -0.1) is 6.58 Å². The molecule has 1 aromatic heterocycles. The van der Waals surface area contributed by atoms with Gasteiger partial charge in [0.2, 0.25) is 5.91 Å². The Bertz CT molecular complexity index is 1090. The third kappa shape index (κ3) is 5.00. The molecule has 0 aliphatic heterocycles. The predicted molar refractivity (Wildman–Crippen MR) is 124 cm³/mol. The van der Waals surface area contributed by atoms with Crippen LogP contribution in [-0.4, -0.2) is 27.3 Å². The molecule has 1 amide bonds. The number of thioether (sulfide) groups is 1. The number of hydrogen-bond acceptors (Lipinski definition) is 4. The van der Waals surface area contributed by atoms with E-state index in [1.54, 1.807) is 16.7 Å². The maximum Gasteiger partial charge on any atom is 0.266 e. The average Bonchev–Trinajstić information content (AvgIpc) is 2.76. The van der Waals surface area contributed by atoms with Crippen LogP contribution in [0.1, 0.15) is 32.3 Å². The molecule has 1 unspecified atom stereocenters. The maximum absolute atomic E-state index is 13.3. The number of aromatic nitrogens is 2. The zero-order valence-corrected chi connectivity index (χ0v) is 18.2. The Balaban J connectivity index is 2.03. The van der Waals surface area contributed by atoms with Gasteiger partial charge in [0.25, 0.3) is 5.56 Å². The molecular formula is C24H27N3O2S. The first-order chi connectivity index (χ1) is 14.5. The van der Waals surface area contributed by atoms with Crippen molar-refractivity contribution in [1.29, 1.82) is 0 Å². The minimum Gasteiger partial charge on any atom is -0.352 e. The summed E-state index contributed by atoms with van der Waals surface area (Å²) in [7, 11) is 0. The molecule has 2 aromatic carbocycles. The van der Waals surface area contributed by atoms with Gasteiger partial charge in [-0.2, -0.15) is 0 Å². The number of aryl methyl sites for hydroxylation is 1. The van der Waals surface area contributed by atoms with E-state index in [-0.39, 0.29) is 11.5 Å². The summed E-state index contributed by atoms with van der Waals surface area (Å²) >= 11 is 1.28. The van der Waals surface area contributed by atoms with Crippen molar-refractivity contribution in [3.8, 4) is 5.69 Å². The summed E-state index contributed by atoms with van der Waals surface area (Å²) in [4.78, 5) is 30.4. The van der Waals surface area contributed by atoms with E-state index in [0.29, 0.717) is 22.6 Å². The third-order valence-corrected chi connectivity index (χ3v) is 5.88. The average molecular weight is 422 g/mol. The molecular weight excluding hydrogens is 394 g/mol. The fraction of sp³-hybridized carbons (Fsp3) is 0.292. The maximum atomic E-state index is 13.3. The number of fused-ring (bicyclic) bond motifs is 1. The summed E-state index contributed by atoms with van der Waals surface area (Å²) in [5.74, 6) is -0.122. The first-order valence-electron chi connectivity index (χ1n) is 10.2. The number of carbonyl (C=O) groups excluding carboxylic acids is 1. The lowest BCUT2D eigenvalue weighted by Crippen LogP contribution is -2.32. The lowest BCUT2D eigenvalue weighted by atomic mass is 10.1. The minimum atomic E-state index is -0.409. The first-order valence-corrected chi connectivity index (χ1v) is 11.1. The Labute approximate surface area is 181 Å². The number of nitrogens with zero attached hydrogens (tertiary/aromatic N) is 2. The van der Waals surface area contributed by atoms with Gasteiger partial charge < -0.3 is 5.32 Å². The molecule has 3 rings (SSSR count). The zero-order chi connectivity index (χ0) is 21.5. The molecule has 0 bridgehead atoms. The number of hydrogen-bond donors (Lipinski definition) is 1. The fourth-order valence-electron chi connectivity index (χ4n) is 3.14. The second-order valence-corrected chi connectivity index (χ2v) is 8.42. The molecule has 0 saturated heterocycles. The van der Waals surface area contributed by atoms with Gasteiger partial charge in [0.15, 0.2) is 5.16 Å². The third-order valence-electron chi connectivity index (χ3n) is 4.83. The molecule has 1 atom stereocenters. The van der Waals surface area contributed by atoms with Gasteiger partial charge in [-0.25, -0.2) is 4.98 Å². The van der Waals surface area contributed by atoms with Crippen LogP contribution >= 0.6 is 11.8 Å². The Morgan fingerprint density at radius 3 is 2.67 bits per heavy atom. The number of nitrogens with one attached hydrogen (secondary N) is 1. The van der Waals surface area contributed by atoms with Crippen molar-refractivity contribution in [3.63, 3.8) is 0 Å². The molecule has 1 N–H and O–H groups in total. The number of unbranched alkanes of at least 4 members (excludes halogenated alkanes) is 1. The van der Waals surface area contributed by atoms with E-state index in [2.05, 4.69) is 31.0 Å². The Hall–Kier alpha value is -2.86. The van der Waals surface area contributed by atoms with E-state index in [4.69, 9.17) is 4.98 Å². The van der Waals surface area contributed by atoms with Crippen LogP contribution in [0.2, 0.25) is 0 Å². The van der Waals surface area contributed by atoms with Crippen molar-refractivity contribution in [2.45, 2.75) is 43.5 Å². The fourth-order valence-corrected chi connectivity index (χ4v) is 4.09. The van der Waals surface area contributed by atoms with Gasteiger partial charge in [-0.1, -0.05) is 55.4 Å². The van der Waals surface area contributed by atoms with E-state index in [0.717, 1.165) is 24.9 Å². The van der Waals surface area contributed by atoms with Crippen molar-refractivity contribution in [2.24, 2.45) is 0 Å². The highest BCUT2D eigenvalue weighted by Gasteiger charge is 2.20. The molecule has 156 valence electrons. The standard InChI is InChI=1S/C24H27N3O2S/c1-4-6-9-18-12-14-19(15-13-18)27-23(29)20-10-7-8-11-21(20)26-24(27)30-17(3)22(28)25-16-5-2/h5,7-8,10-15,17H,2,4,6,9,16H2,1,3H3,(H,25,28). The second-order valence-electron chi connectivity index (χ2n) is 7.12. The van der Waals surface area contributed by atoms with Gasteiger partial charge in [-0.05, 0) is 49.6 Å². The largest absolute Gasteiger partial charge is 0.352 e. The molecule has 6 heteroatoms. The van der Waals surface area contributed by atoms with Crippen LogP contribution in [0.25, 0.3) is 16.6 Å². The second kappa shape index (κ2) is 10.3. The molecule has 0 aliphatic carbocycles.